The SMILES string of the molecule is Cc1ncc2c(n1)C1(CCCN(Cc3ccc(Cl)s3)C1)CC2. The van der Waals surface area contributed by atoms with E-state index < -0.39 is 0 Å². The van der Waals surface area contributed by atoms with Crippen molar-refractivity contribution in [3.8, 4) is 0 Å². The van der Waals surface area contributed by atoms with Gasteiger partial charge in [0.05, 0.1) is 10.0 Å². The molecule has 0 aromatic carbocycles. The van der Waals surface area contributed by atoms with Crippen LogP contribution in [0.3, 0.4) is 0 Å². The van der Waals surface area contributed by atoms with Gasteiger partial charge in [-0.1, -0.05) is 11.6 Å². The molecule has 1 aliphatic heterocycles. The van der Waals surface area contributed by atoms with Gasteiger partial charge in [-0.2, -0.15) is 0 Å². The van der Waals surface area contributed by atoms with E-state index in [-0.39, 0.29) is 5.41 Å². The third kappa shape index (κ3) is 2.57. The number of likely N-dealkylation sites (tertiary alicyclic amines) is 1. The molecular weight excluding hydrogens is 314 g/mol. The van der Waals surface area contributed by atoms with Crippen LogP contribution in [0.15, 0.2) is 18.3 Å². The van der Waals surface area contributed by atoms with Gasteiger partial charge in [0.15, 0.2) is 0 Å². The third-order valence-corrected chi connectivity index (χ3v) is 6.24. The molecule has 0 saturated carbocycles. The number of hydrogen-bond acceptors (Lipinski definition) is 4. The van der Waals surface area contributed by atoms with Crippen LogP contribution in [0.1, 0.15) is 41.2 Å². The lowest BCUT2D eigenvalue weighted by molar-refractivity contribution is 0.137. The number of piperidine rings is 1. The lowest BCUT2D eigenvalue weighted by Crippen LogP contribution is -2.44. The van der Waals surface area contributed by atoms with Crippen LogP contribution in [0.2, 0.25) is 4.34 Å². The molecule has 0 bridgehead atoms. The Hall–Kier alpha value is -0.970. The zero-order valence-corrected chi connectivity index (χ0v) is 14.4. The predicted octanol–water partition coefficient (Wildman–Crippen LogP) is 3.98. The molecule has 1 aliphatic carbocycles. The molecule has 1 saturated heterocycles. The third-order valence-electron chi connectivity index (χ3n) is 5.02. The lowest BCUT2D eigenvalue weighted by Gasteiger charge is -2.40. The quantitative estimate of drug-likeness (QED) is 0.832. The Morgan fingerprint density at radius 2 is 2.27 bits per heavy atom. The highest BCUT2D eigenvalue weighted by Gasteiger charge is 2.43. The van der Waals surface area contributed by atoms with Crippen LogP contribution in [-0.4, -0.2) is 28.0 Å². The van der Waals surface area contributed by atoms with Gasteiger partial charge in [0.1, 0.15) is 5.82 Å². The normalized spacial score (nSPS) is 24.8. The van der Waals surface area contributed by atoms with Gasteiger partial charge in [0.2, 0.25) is 0 Å². The smallest absolute Gasteiger partial charge is 0.125 e. The molecule has 4 rings (SSSR count). The van der Waals surface area contributed by atoms with E-state index in [0.29, 0.717) is 0 Å². The lowest BCUT2D eigenvalue weighted by atomic mass is 9.77. The van der Waals surface area contributed by atoms with Crippen LogP contribution < -0.4 is 0 Å². The van der Waals surface area contributed by atoms with Crippen LogP contribution in [-0.2, 0) is 18.4 Å². The van der Waals surface area contributed by atoms with Crippen LogP contribution in [0.4, 0.5) is 0 Å². The van der Waals surface area contributed by atoms with E-state index in [9.17, 15) is 0 Å². The van der Waals surface area contributed by atoms with Gasteiger partial charge in [-0.15, -0.1) is 11.3 Å². The number of rotatable bonds is 2. The Bertz CT molecular complexity index is 695. The van der Waals surface area contributed by atoms with Crippen molar-refractivity contribution < 1.29 is 0 Å². The van der Waals surface area contributed by atoms with E-state index in [1.165, 1.54) is 41.9 Å². The second-order valence-electron chi connectivity index (χ2n) is 6.59. The zero-order chi connectivity index (χ0) is 15.2. The van der Waals surface area contributed by atoms with Crippen molar-refractivity contribution >= 4 is 22.9 Å². The number of aromatic nitrogens is 2. The second-order valence-corrected chi connectivity index (χ2v) is 8.39. The highest BCUT2D eigenvalue weighted by atomic mass is 35.5. The number of thiophene rings is 1. The maximum absolute atomic E-state index is 6.07. The maximum atomic E-state index is 6.07. The largest absolute Gasteiger partial charge is 0.297 e. The van der Waals surface area contributed by atoms with Gasteiger partial charge in [0, 0.05) is 29.6 Å². The number of fused-ring (bicyclic) bond motifs is 2. The first-order valence-electron chi connectivity index (χ1n) is 7.94. The summed E-state index contributed by atoms with van der Waals surface area (Å²) >= 11 is 7.76. The maximum Gasteiger partial charge on any atom is 0.125 e. The van der Waals surface area contributed by atoms with E-state index in [4.69, 9.17) is 16.6 Å². The van der Waals surface area contributed by atoms with Crippen LogP contribution in [0, 0.1) is 6.92 Å². The number of halogens is 1. The summed E-state index contributed by atoms with van der Waals surface area (Å²) in [5.41, 5.74) is 2.95. The average molecular weight is 334 g/mol. The molecule has 5 heteroatoms. The summed E-state index contributed by atoms with van der Waals surface area (Å²) in [6.07, 6.45) is 6.92. The molecule has 1 atom stereocenters. The summed E-state index contributed by atoms with van der Waals surface area (Å²) in [6.45, 7) is 5.31. The fraction of sp³-hybridized carbons (Fsp3) is 0.529. The van der Waals surface area contributed by atoms with Crippen LogP contribution >= 0.6 is 22.9 Å². The minimum absolute atomic E-state index is 0.252. The fourth-order valence-corrected chi connectivity index (χ4v) is 5.18. The van der Waals surface area contributed by atoms with E-state index in [1.54, 1.807) is 11.3 Å². The molecule has 1 fully saturated rings. The molecule has 0 amide bonds. The van der Waals surface area contributed by atoms with Crippen molar-refractivity contribution in [1.29, 1.82) is 0 Å². The highest BCUT2D eigenvalue weighted by Crippen LogP contribution is 2.44. The van der Waals surface area contributed by atoms with Gasteiger partial charge in [0.25, 0.3) is 0 Å². The number of nitrogens with zero attached hydrogens (tertiary/aromatic N) is 3. The molecule has 1 spiro atoms. The first kappa shape index (κ1) is 14.6. The first-order valence-corrected chi connectivity index (χ1v) is 9.14. The minimum atomic E-state index is 0.252. The van der Waals surface area contributed by atoms with Gasteiger partial charge in [-0.05, 0) is 56.8 Å². The number of aryl methyl sites for hydroxylation is 2. The predicted molar refractivity (Wildman–Crippen MR) is 90.6 cm³/mol. The Morgan fingerprint density at radius 1 is 1.36 bits per heavy atom. The van der Waals surface area contributed by atoms with E-state index in [0.717, 1.165) is 29.7 Å². The molecule has 1 unspecified atom stereocenters. The fourth-order valence-electron chi connectivity index (χ4n) is 4.05. The van der Waals surface area contributed by atoms with Crippen molar-refractivity contribution in [2.75, 3.05) is 13.1 Å². The van der Waals surface area contributed by atoms with Crippen LogP contribution in [0.25, 0.3) is 0 Å². The summed E-state index contributed by atoms with van der Waals surface area (Å²) in [4.78, 5) is 13.1. The zero-order valence-electron chi connectivity index (χ0n) is 12.8. The van der Waals surface area contributed by atoms with Crippen molar-refractivity contribution in [1.82, 2.24) is 14.9 Å². The molecule has 22 heavy (non-hydrogen) atoms. The molecule has 116 valence electrons. The average Bonchev–Trinajstić information content (AvgIpc) is 3.05. The van der Waals surface area contributed by atoms with Crippen LogP contribution in [0.5, 0.6) is 0 Å². The molecule has 3 nitrogen and oxygen atoms in total. The van der Waals surface area contributed by atoms with Gasteiger partial charge >= 0.3 is 0 Å². The molecule has 0 radical (unpaired) electrons. The number of hydrogen-bond donors (Lipinski definition) is 0. The van der Waals surface area contributed by atoms with Gasteiger partial charge < -0.3 is 0 Å². The van der Waals surface area contributed by atoms with Gasteiger partial charge in [-0.25, -0.2) is 9.97 Å². The van der Waals surface area contributed by atoms with Crippen molar-refractivity contribution in [3.63, 3.8) is 0 Å². The Morgan fingerprint density at radius 3 is 3.09 bits per heavy atom. The first-order chi connectivity index (χ1) is 10.6. The highest BCUT2D eigenvalue weighted by molar-refractivity contribution is 7.16. The Balaban J connectivity index is 1.58. The van der Waals surface area contributed by atoms with E-state index in [1.807, 2.05) is 19.2 Å². The molecule has 2 aliphatic rings. The summed E-state index contributed by atoms with van der Waals surface area (Å²) < 4.78 is 0.885. The Kier molecular flexibility index (Phi) is 3.71. The summed E-state index contributed by atoms with van der Waals surface area (Å²) in [6, 6.07) is 4.16. The molecular formula is C17H20ClN3S. The topological polar surface area (TPSA) is 29.0 Å². The van der Waals surface area contributed by atoms with E-state index in [2.05, 4.69) is 16.0 Å². The monoisotopic (exact) mass is 333 g/mol. The minimum Gasteiger partial charge on any atom is -0.297 e. The second kappa shape index (κ2) is 5.59. The Labute approximate surface area is 140 Å². The van der Waals surface area contributed by atoms with Gasteiger partial charge in [-0.3, -0.25) is 4.90 Å². The summed E-state index contributed by atoms with van der Waals surface area (Å²) in [7, 11) is 0. The molecule has 0 N–H and O–H groups in total. The molecule has 3 heterocycles. The standard InChI is InChI=1S/C17H20ClN3S/c1-12-19-9-13-5-7-17(16(13)20-12)6-2-8-21(11-17)10-14-3-4-15(18)22-14/h3-4,9H,2,5-8,10-11H2,1H3. The summed E-state index contributed by atoms with van der Waals surface area (Å²) in [5.74, 6) is 0.905. The molecule has 2 aromatic rings. The molecule has 2 aromatic heterocycles. The summed E-state index contributed by atoms with van der Waals surface area (Å²) in [5, 5.41) is 0. The van der Waals surface area contributed by atoms with Crippen molar-refractivity contribution in [2.45, 2.75) is 44.6 Å². The van der Waals surface area contributed by atoms with Crippen molar-refractivity contribution in [2.24, 2.45) is 0 Å². The van der Waals surface area contributed by atoms with E-state index >= 15 is 0 Å². The van der Waals surface area contributed by atoms with Crippen molar-refractivity contribution in [3.05, 3.63) is 44.6 Å².